The van der Waals surface area contributed by atoms with Gasteiger partial charge in [0.1, 0.15) is 24.2 Å². The van der Waals surface area contributed by atoms with Crippen LogP contribution in [0.1, 0.15) is 112 Å². The molecule has 0 saturated carbocycles. The molecule has 2 fully saturated rings. The van der Waals surface area contributed by atoms with Gasteiger partial charge < -0.3 is 52.3 Å². The second-order valence-corrected chi connectivity index (χ2v) is 19.2. The SMILES string of the molecule is CN[C@@H](C)C(=O)N[C@H](C(=O)N1C[C@@H](NC(=O)c2ccc(C(=O)N[C@H]3C[C@@H](C(=O)N[C@H](C)c4ccccc4)N(C(=O)[C@@H](NC(=O)[C@H](C)NC)C(C)C)C3)cc2)C[C@H]1C(=O)N[C@H](C)c1ccccc1)C(C)C. The standard InChI is InChI=1S/C52H72N10O8/c1-29(2)43(59-45(63)33(7)53-9)51(69)61-27-39(25-41(61)49(67)55-31(5)35-17-13-11-14-18-35)57-47(65)37-21-23-38(24-22-37)48(66)58-40-26-42(50(68)56-32(6)36-19-15-12-16-20-36)62(28-40)52(70)44(30(3)4)60-46(64)34(8)54-10/h11-24,29-34,39-44,53-54H,25-28H2,1-10H3,(H,55,67)(H,56,68)(H,57,65)(H,58,66)(H,59,63)(H,60,64)/t31-,32-,33+,34+,39+,40+,41+,42+,43+,44+/m1/s1. The third-order valence-corrected chi connectivity index (χ3v) is 13.3. The Morgan fingerprint density at radius 3 is 1.10 bits per heavy atom. The van der Waals surface area contributed by atoms with Crippen LogP contribution in [0.3, 0.4) is 0 Å². The van der Waals surface area contributed by atoms with Crippen LogP contribution >= 0.6 is 0 Å². The number of benzene rings is 3. The molecule has 0 unspecified atom stereocenters. The average molecular weight is 965 g/mol. The summed E-state index contributed by atoms with van der Waals surface area (Å²) in [5.41, 5.74) is 2.20. The van der Waals surface area contributed by atoms with E-state index in [0.717, 1.165) is 11.1 Å². The van der Waals surface area contributed by atoms with Gasteiger partial charge in [-0.1, -0.05) is 88.4 Å². The fourth-order valence-electron chi connectivity index (χ4n) is 8.65. The van der Waals surface area contributed by atoms with Crippen LogP contribution in [0.5, 0.6) is 0 Å². The van der Waals surface area contributed by atoms with Crippen molar-refractivity contribution in [2.45, 2.75) is 129 Å². The zero-order valence-corrected chi connectivity index (χ0v) is 42.0. The molecule has 8 N–H and O–H groups in total. The van der Waals surface area contributed by atoms with E-state index >= 15 is 0 Å². The monoisotopic (exact) mass is 965 g/mol. The van der Waals surface area contributed by atoms with Gasteiger partial charge in [-0.05, 0) is 102 Å². The van der Waals surface area contributed by atoms with Gasteiger partial charge in [0.05, 0.1) is 24.2 Å². The molecule has 5 rings (SSSR count). The van der Waals surface area contributed by atoms with Crippen LogP contribution in [-0.4, -0.2) is 133 Å². The Morgan fingerprint density at radius 1 is 0.471 bits per heavy atom. The van der Waals surface area contributed by atoms with Crippen molar-refractivity contribution >= 4 is 47.3 Å². The molecule has 70 heavy (non-hydrogen) atoms. The first-order valence-electron chi connectivity index (χ1n) is 24.2. The first-order chi connectivity index (χ1) is 33.2. The molecule has 0 radical (unpaired) electrons. The molecule has 8 amide bonds. The summed E-state index contributed by atoms with van der Waals surface area (Å²) in [5, 5.41) is 23.4. The van der Waals surface area contributed by atoms with E-state index in [0.29, 0.717) is 0 Å². The molecular formula is C52H72N10O8. The molecule has 18 heteroatoms. The lowest BCUT2D eigenvalue weighted by molar-refractivity contribution is -0.142. The van der Waals surface area contributed by atoms with Crippen LogP contribution in [0.2, 0.25) is 0 Å². The Hall–Kier alpha value is -6.66. The summed E-state index contributed by atoms with van der Waals surface area (Å²) in [6.07, 6.45) is 0.225. The van der Waals surface area contributed by atoms with E-state index in [1.165, 1.54) is 34.1 Å². The van der Waals surface area contributed by atoms with E-state index in [1.807, 2.05) is 102 Å². The average Bonchev–Trinajstić information content (AvgIpc) is 3.98. The van der Waals surface area contributed by atoms with Gasteiger partial charge in [0.2, 0.25) is 35.4 Å². The summed E-state index contributed by atoms with van der Waals surface area (Å²) in [6, 6.07) is 17.9. The number of likely N-dealkylation sites (N-methyl/N-ethyl adjacent to an activating group) is 2. The highest BCUT2D eigenvalue weighted by Gasteiger charge is 2.45. The fourth-order valence-corrected chi connectivity index (χ4v) is 8.65. The molecule has 0 bridgehead atoms. The maximum atomic E-state index is 14.3. The molecule has 2 saturated heterocycles. The first kappa shape index (κ1) is 54.3. The van der Waals surface area contributed by atoms with Crippen molar-refractivity contribution in [3.05, 3.63) is 107 Å². The van der Waals surface area contributed by atoms with Crippen molar-refractivity contribution in [1.29, 1.82) is 0 Å². The van der Waals surface area contributed by atoms with Crippen molar-refractivity contribution in [2.24, 2.45) is 11.8 Å². The minimum Gasteiger partial charge on any atom is -0.348 e. The summed E-state index contributed by atoms with van der Waals surface area (Å²) in [4.78, 5) is 113. The minimum absolute atomic E-state index is 0.00792. The number of carbonyl (C=O) groups excluding carboxylic acids is 8. The Labute approximate surface area is 411 Å². The second kappa shape index (κ2) is 24.8. The third kappa shape index (κ3) is 13.8. The van der Waals surface area contributed by atoms with Crippen LogP contribution < -0.4 is 42.5 Å². The third-order valence-electron chi connectivity index (χ3n) is 13.3. The number of hydrogen-bond donors (Lipinski definition) is 8. The molecule has 2 aliphatic heterocycles. The number of rotatable bonds is 20. The Morgan fingerprint density at radius 2 is 0.800 bits per heavy atom. The number of amides is 8. The molecular weight excluding hydrogens is 893 g/mol. The van der Waals surface area contributed by atoms with E-state index in [4.69, 9.17) is 0 Å². The largest absolute Gasteiger partial charge is 0.348 e. The number of carbonyl (C=O) groups is 8. The van der Waals surface area contributed by atoms with E-state index in [9.17, 15) is 38.4 Å². The van der Waals surface area contributed by atoms with E-state index in [2.05, 4.69) is 42.5 Å². The lowest BCUT2D eigenvalue weighted by Gasteiger charge is -2.31. The lowest BCUT2D eigenvalue weighted by atomic mass is 10.0. The van der Waals surface area contributed by atoms with Crippen molar-refractivity contribution < 1.29 is 38.4 Å². The second-order valence-electron chi connectivity index (χ2n) is 19.2. The Kier molecular flexibility index (Phi) is 19.2. The van der Waals surface area contributed by atoms with Gasteiger partial charge in [-0.3, -0.25) is 38.4 Å². The summed E-state index contributed by atoms with van der Waals surface area (Å²) in [6.45, 7) is 14.3. The van der Waals surface area contributed by atoms with Crippen molar-refractivity contribution in [1.82, 2.24) is 52.3 Å². The maximum Gasteiger partial charge on any atom is 0.251 e. The van der Waals surface area contributed by atoms with Gasteiger partial charge in [-0.15, -0.1) is 0 Å². The molecule has 378 valence electrons. The predicted octanol–water partition coefficient (Wildman–Crippen LogP) is 2.34. The van der Waals surface area contributed by atoms with Crippen molar-refractivity contribution in [2.75, 3.05) is 27.2 Å². The molecule has 10 atom stereocenters. The molecule has 3 aromatic carbocycles. The predicted molar refractivity (Wildman–Crippen MR) is 266 cm³/mol. The molecule has 0 spiro atoms. The van der Waals surface area contributed by atoms with Gasteiger partial charge in [0.25, 0.3) is 11.8 Å². The van der Waals surface area contributed by atoms with Gasteiger partial charge in [-0.25, -0.2) is 0 Å². The number of nitrogens with one attached hydrogen (secondary N) is 8. The van der Waals surface area contributed by atoms with Crippen molar-refractivity contribution in [3.63, 3.8) is 0 Å². The quantitative estimate of drug-likeness (QED) is 0.0823. The van der Waals surface area contributed by atoms with Gasteiger partial charge in [0, 0.05) is 36.3 Å². The van der Waals surface area contributed by atoms with Crippen LogP contribution in [0.25, 0.3) is 0 Å². The summed E-state index contributed by atoms with van der Waals surface area (Å²) < 4.78 is 0. The topological polar surface area (TPSA) is 239 Å². The Balaban J connectivity index is 1.29. The molecule has 0 aromatic heterocycles. The highest BCUT2D eigenvalue weighted by molar-refractivity contribution is 5.99. The molecule has 2 aliphatic rings. The maximum absolute atomic E-state index is 14.3. The molecule has 3 aromatic rings. The van der Waals surface area contributed by atoms with E-state index in [1.54, 1.807) is 27.9 Å². The zero-order chi connectivity index (χ0) is 51.4. The lowest BCUT2D eigenvalue weighted by Crippen LogP contribution is -2.57. The van der Waals surface area contributed by atoms with E-state index in [-0.39, 0.29) is 72.8 Å². The number of likely N-dealkylation sites (tertiary alicyclic amines) is 2. The van der Waals surface area contributed by atoms with Gasteiger partial charge in [0.15, 0.2) is 0 Å². The highest BCUT2D eigenvalue weighted by Crippen LogP contribution is 2.26. The van der Waals surface area contributed by atoms with Crippen LogP contribution in [0, 0.1) is 11.8 Å². The van der Waals surface area contributed by atoms with Crippen molar-refractivity contribution in [3.8, 4) is 0 Å². The molecule has 18 nitrogen and oxygen atoms in total. The number of nitrogens with zero attached hydrogens (tertiary/aromatic N) is 2. The normalized spacial score (nSPS) is 20.3. The van der Waals surface area contributed by atoms with E-state index < -0.39 is 83.8 Å². The number of hydrogen-bond acceptors (Lipinski definition) is 10. The summed E-state index contributed by atoms with van der Waals surface area (Å²) in [5.74, 6) is -4.03. The minimum atomic E-state index is -0.952. The first-order valence-corrected chi connectivity index (χ1v) is 24.2. The van der Waals surface area contributed by atoms with Crippen LogP contribution in [0.4, 0.5) is 0 Å². The fraction of sp³-hybridized carbons (Fsp3) is 0.500. The van der Waals surface area contributed by atoms with Gasteiger partial charge >= 0.3 is 0 Å². The van der Waals surface area contributed by atoms with Crippen LogP contribution in [-0.2, 0) is 28.8 Å². The molecule has 0 aliphatic carbocycles. The smallest absolute Gasteiger partial charge is 0.251 e. The zero-order valence-electron chi connectivity index (χ0n) is 42.0. The summed E-state index contributed by atoms with van der Waals surface area (Å²) >= 11 is 0. The van der Waals surface area contributed by atoms with Crippen LogP contribution in [0.15, 0.2) is 84.9 Å². The Bertz CT molecular complexity index is 2150. The molecule has 2 heterocycles. The summed E-state index contributed by atoms with van der Waals surface area (Å²) in [7, 11) is 3.28. The highest BCUT2D eigenvalue weighted by atomic mass is 16.2. The van der Waals surface area contributed by atoms with Gasteiger partial charge in [-0.2, -0.15) is 0 Å².